The standard InChI is InChI=1S/C10H17N2/c1-8-9(2)11-6-4-5-7-12(11)10(8)3/h4-7H2,1-3H3/q+1. The van der Waals surface area contributed by atoms with E-state index in [-0.39, 0.29) is 0 Å². The van der Waals surface area contributed by atoms with Gasteiger partial charge in [0.15, 0.2) is 6.54 Å². The van der Waals surface area contributed by atoms with Crippen molar-refractivity contribution in [3.63, 3.8) is 0 Å². The third kappa shape index (κ3) is 0.904. The van der Waals surface area contributed by atoms with E-state index in [9.17, 15) is 0 Å². The highest BCUT2D eigenvalue weighted by Crippen LogP contribution is 2.13. The predicted molar refractivity (Wildman–Crippen MR) is 48.1 cm³/mol. The summed E-state index contributed by atoms with van der Waals surface area (Å²) in [5.74, 6) is 0. The van der Waals surface area contributed by atoms with Gasteiger partial charge in [-0.15, -0.1) is 4.68 Å². The van der Waals surface area contributed by atoms with E-state index in [4.69, 9.17) is 0 Å². The molecule has 0 unspecified atom stereocenters. The van der Waals surface area contributed by atoms with Gasteiger partial charge in [0.2, 0.25) is 5.69 Å². The largest absolute Gasteiger partial charge is 0.208 e. The van der Waals surface area contributed by atoms with Gasteiger partial charge >= 0.3 is 0 Å². The van der Waals surface area contributed by atoms with Crippen LogP contribution >= 0.6 is 0 Å². The maximum atomic E-state index is 2.42. The molecule has 0 aliphatic carbocycles. The number of hydrogen-bond acceptors (Lipinski definition) is 0. The summed E-state index contributed by atoms with van der Waals surface area (Å²) in [5, 5.41) is 0. The number of aromatic nitrogens is 2. The Morgan fingerprint density at radius 2 is 1.92 bits per heavy atom. The summed E-state index contributed by atoms with van der Waals surface area (Å²) in [7, 11) is 0. The van der Waals surface area contributed by atoms with Crippen molar-refractivity contribution in [2.24, 2.45) is 0 Å². The lowest BCUT2D eigenvalue weighted by Gasteiger charge is -2.10. The first-order valence-electron chi connectivity index (χ1n) is 4.78. The zero-order valence-corrected chi connectivity index (χ0v) is 8.22. The minimum atomic E-state index is 1.21. The molecule has 12 heavy (non-hydrogen) atoms. The molecule has 0 aromatic carbocycles. The van der Waals surface area contributed by atoms with Crippen LogP contribution in [-0.2, 0) is 13.1 Å². The van der Waals surface area contributed by atoms with Crippen molar-refractivity contribution in [1.29, 1.82) is 0 Å². The molecule has 0 atom stereocenters. The fourth-order valence-corrected chi connectivity index (χ4v) is 2.11. The number of hydrogen-bond donors (Lipinski definition) is 0. The van der Waals surface area contributed by atoms with E-state index in [1.165, 1.54) is 42.9 Å². The van der Waals surface area contributed by atoms with Crippen LogP contribution in [0.3, 0.4) is 0 Å². The highest BCUT2D eigenvalue weighted by Gasteiger charge is 2.24. The van der Waals surface area contributed by atoms with Crippen molar-refractivity contribution >= 4 is 0 Å². The van der Waals surface area contributed by atoms with Crippen molar-refractivity contribution < 1.29 is 4.68 Å². The van der Waals surface area contributed by atoms with Crippen molar-refractivity contribution in [1.82, 2.24) is 4.68 Å². The fourth-order valence-electron chi connectivity index (χ4n) is 2.11. The van der Waals surface area contributed by atoms with Gasteiger partial charge in [-0.1, -0.05) is 0 Å². The monoisotopic (exact) mass is 165 g/mol. The molecule has 2 heterocycles. The second-order valence-corrected chi connectivity index (χ2v) is 3.75. The molecule has 1 aromatic heterocycles. The Labute approximate surface area is 73.8 Å². The molecular weight excluding hydrogens is 148 g/mol. The van der Waals surface area contributed by atoms with E-state index >= 15 is 0 Å². The molecular formula is C10H17N2+. The topological polar surface area (TPSA) is 8.81 Å². The summed E-state index contributed by atoms with van der Waals surface area (Å²) < 4.78 is 4.85. The number of nitrogens with zero attached hydrogens (tertiary/aromatic N) is 2. The molecule has 0 bridgehead atoms. The Kier molecular flexibility index (Phi) is 1.71. The van der Waals surface area contributed by atoms with Crippen molar-refractivity contribution in [2.45, 2.75) is 46.7 Å². The molecule has 1 aromatic rings. The molecule has 2 heteroatoms. The van der Waals surface area contributed by atoms with E-state index in [2.05, 4.69) is 30.1 Å². The van der Waals surface area contributed by atoms with Gasteiger partial charge in [0, 0.05) is 18.9 Å². The Hall–Kier alpha value is -0.790. The minimum absolute atomic E-state index is 1.21. The van der Waals surface area contributed by atoms with E-state index in [0.717, 1.165) is 0 Å². The van der Waals surface area contributed by atoms with E-state index in [1.807, 2.05) is 0 Å². The quantitative estimate of drug-likeness (QED) is 0.515. The third-order valence-electron chi connectivity index (χ3n) is 3.14. The van der Waals surface area contributed by atoms with Crippen LogP contribution in [0.25, 0.3) is 0 Å². The van der Waals surface area contributed by atoms with E-state index in [0.29, 0.717) is 0 Å². The molecule has 0 N–H and O–H groups in total. The lowest BCUT2D eigenvalue weighted by Crippen LogP contribution is -2.48. The molecule has 2 nitrogen and oxygen atoms in total. The Morgan fingerprint density at radius 3 is 2.58 bits per heavy atom. The molecule has 0 amide bonds. The average Bonchev–Trinajstić information content (AvgIpc) is 2.33. The van der Waals surface area contributed by atoms with Gasteiger partial charge < -0.3 is 0 Å². The van der Waals surface area contributed by atoms with Crippen molar-refractivity contribution in [3.05, 3.63) is 17.0 Å². The van der Waals surface area contributed by atoms with Crippen molar-refractivity contribution in [3.8, 4) is 0 Å². The van der Waals surface area contributed by atoms with Crippen LogP contribution in [0.15, 0.2) is 0 Å². The zero-order valence-electron chi connectivity index (χ0n) is 8.22. The predicted octanol–water partition coefficient (Wildman–Crippen LogP) is 1.49. The summed E-state index contributed by atoms with van der Waals surface area (Å²) in [5.41, 5.74) is 4.37. The summed E-state index contributed by atoms with van der Waals surface area (Å²) in [6, 6.07) is 0. The molecule has 0 fully saturated rings. The minimum Gasteiger partial charge on any atom is -0.158 e. The molecule has 2 rings (SSSR count). The molecule has 1 aliphatic rings. The number of rotatable bonds is 0. The fraction of sp³-hybridized carbons (Fsp3) is 0.700. The van der Waals surface area contributed by atoms with Gasteiger partial charge in [-0.2, -0.15) is 4.68 Å². The molecule has 0 saturated heterocycles. The van der Waals surface area contributed by atoms with Crippen LogP contribution in [0.4, 0.5) is 0 Å². The first kappa shape index (κ1) is 7.84. The SMILES string of the molecule is Cc1c(C)n2[n+](c1C)CCCC2. The first-order valence-corrected chi connectivity index (χ1v) is 4.78. The van der Waals surface area contributed by atoms with Gasteiger partial charge in [0.05, 0.1) is 12.2 Å². The summed E-state index contributed by atoms with van der Waals surface area (Å²) in [6.07, 6.45) is 2.68. The van der Waals surface area contributed by atoms with Gasteiger partial charge in [0.1, 0.15) is 0 Å². The van der Waals surface area contributed by atoms with Crippen LogP contribution in [-0.4, -0.2) is 4.68 Å². The maximum absolute atomic E-state index is 2.42. The summed E-state index contributed by atoms with van der Waals surface area (Å²) in [4.78, 5) is 0. The Balaban J connectivity index is 2.60. The van der Waals surface area contributed by atoms with Crippen LogP contribution in [0, 0.1) is 20.8 Å². The highest BCUT2D eigenvalue weighted by atomic mass is 15.4. The normalized spacial score (nSPS) is 16.2. The molecule has 66 valence electrons. The van der Waals surface area contributed by atoms with Crippen LogP contribution in [0.2, 0.25) is 0 Å². The Morgan fingerprint density at radius 1 is 1.17 bits per heavy atom. The molecule has 0 spiro atoms. The second-order valence-electron chi connectivity index (χ2n) is 3.75. The van der Waals surface area contributed by atoms with Crippen LogP contribution in [0.1, 0.15) is 29.8 Å². The number of fused-ring (bicyclic) bond motifs is 1. The van der Waals surface area contributed by atoms with Gasteiger partial charge in [-0.25, -0.2) is 0 Å². The second kappa shape index (κ2) is 2.61. The molecule has 0 saturated carbocycles. The lowest BCUT2D eigenvalue weighted by atomic mass is 10.2. The average molecular weight is 165 g/mol. The lowest BCUT2D eigenvalue weighted by molar-refractivity contribution is -0.787. The van der Waals surface area contributed by atoms with Crippen LogP contribution in [0.5, 0.6) is 0 Å². The first-order chi connectivity index (χ1) is 5.72. The molecule has 0 radical (unpaired) electrons. The van der Waals surface area contributed by atoms with E-state index < -0.39 is 0 Å². The maximum Gasteiger partial charge on any atom is 0.208 e. The highest BCUT2D eigenvalue weighted by molar-refractivity contribution is 5.18. The Bertz CT molecular complexity index is 281. The third-order valence-corrected chi connectivity index (χ3v) is 3.14. The summed E-state index contributed by atoms with van der Waals surface area (Å²) >= 11 is 0. The van der Waals surface area contributed by atoms with E-state index in [1.54, 1.807) is 0 Å². The zero-order chi connectivity index (χ0) is 8.72. The summed E-state index contributed by atoms with van der Waals surface area (Å²) in [6.45, 7) is 9.10. The van der Waals surface area contributed by atoms with Gasteiger partial charge in [-0.05, 0) is 20.3 Å². The van der Waals surface area contributed by atoms with Crippen LogP contribution < -0.4 is 4.68 Å². The van der Waals surface area contributed by atoms with Gasteiger partial charge in [0.25, 0.3) is 0 Å². The van der Waals surface area contributed by atoms with Crippen molar-refractivity contribution in [2.75, 3.05) is 0 Å². The smallest absolute Gasteiger partial charge is 0.158 e. The van der Waals surface area contributed by atoms with Gasteiger partial charge in [-0.3, -0.25) is 0 Å². The molecule has 1 aliphatic heterocycles.